The third-order valence-electron chi connectivity index (χ3n) is 3.36. The summed E-state index contributed by atoms with van der Waals surface area (Å²) in [6, 6.07) is 3.19. The number of rotatable bonds is 2. The number of anilines is 1. The van der Waals surface area contributed by atoms with Crippen LogP contribution < -0.4 is 5.32 Å². The molecular weight excluding hydrogens is 200 g/mol. The van der Waals surface area contributed by atoms with Crippen molar-refractivity contribution in [2.75, 3.05) is 18.9 Å². The predicted octanol–water partition coefficient (Wildman–Crippen LogP) is 1.68. The van der Waals surface area contributed by atoms with Crippen molar-refractivity contribution in [2.24, 2.45) is 0 Å². The summed E-state index contributed by atoms with van der Waals surface area (Å²) < 4.78 is 0. The normalized spacial score (nSPS) is 26.7. The molecule has 4 nitrogen and oxygen atoms in total. The second kappa shape index (κ2) is 4.78. The fourth-order valence-corrected chi connectivity index (χ4v) is 2.16. The van der Waals surface area contributed by atoms with Crippen LogP contribution in [-0.4, -0.2) is 40.5 Å². The summed E-state index contributed by atoms with van der Waals surface area (Å²) >= 11 is 0. The van der Waals surface area contributed by atoms with Crippen LogP contribution in [0.1, 0.15) is 25.5 Å². The first-order valence-electron chi connectivity index (χ1n) is 5.90. The maximum atomic E-state index is 4.24. The zero-order valence-electron chi connectivity index (χ0n) is 10.3. The molecule has 1 fully saturated rings. The Balaban J connectivity index is 1.95. The van der Waals surface area contributed by atoms with Crippen molar-refractivity contribution in [3.63, 3.8) is 0 Å². The van der Waals surface area contributed by atoms with Gasteiger partial charge in [-0.2, -0.15) is 0 Å². The van der Waals surface area contributed by atoms with Crippen molar-refractivity contribution < 1.29 is 0 Å². The van der Waals surface area contributed by atoms with Crippen LogP contribution >= 0.6 is 0 Å². The minimum Gasteiger partial charge on any atom is -0.367 e. The molecule has 0 spiro atoms. The van der Waals surface area contributed by atoms with Gasteiger partial charge in [0, 0.05) is 30.4 Å². The zero-order valence-corrected chi connectivity index (χ0v) is 10.3. The summed E-state index contributed by atoms with van der Waals surface area (Å²) in [5.74, 6) is 0.953. The van der Waals surface area contributed by atoms with Crippen molar-refractivity contribution >= 4 is 5.82 Å². The second-order valence-corrected chi connectivity index (χ2v) is 4.74. The maximum Gasteiger partial charge on any atom is 0.129 e. The summed E-state index contributed by atoms with van der Waals surface area (Å²) in [4.78, 5) is 10.7. The minimum absolute atomic E-state index is 0.542. The Hall–Kier alpha value is -1.16. The van der Waals surface area contributed by atoms with E-state index in [1.165, 1.54) is 12.8 Å². The third-order valence-corrected chi connectivity index (χ3v) is 3.36. The fourth-order valence-electron chi connectivity index (χ4n) is 2.16. The lowest BCUT2D eigenvalue weighted by atomic mass is 9.99. The summed E-state index contributed by atoms with van der Waals surface area (Å²) in [6.45, 7) is 5.42. The molecule has 0 aromatic carbocycles. The van der Waals surface area contributed by atoms with Crippen molar-refractivity contribution in [2.45, 2.75) is 38.8 Å². The lowest BCUT2D eigenvalue weighted by molar-refractivity contribution is 0.190. The number of aromatic nitrogens is 2. The fraction of sp³-hybridized carbons (Fsp3) is 0.667. The van der Waals surface area contributed by atoms with E-state index in [2.05, 4.69) is 34.2 Å². The van der Waals surface area contributed by atoms with Gasteiger partial charge in [-0.25, -0.2) is 9.97 Å². The van der Waals surface area contributed by atoms with Gasteiger partial charge in [0.05, 0.1) is 0 Å². The van der Waals surface area contributed by atoms with Gasteiger partial charge in [-0.1, -0.05) is 0 Å². The summed E-state index contributed by atoms with van der Waals surface area (Å²) in [5.41, 5.74) is 1.01. The SMILES string of the molecule is Cc1cc(NC2CCN(C)C(C)C2)ncn1. The number of aryl methyl sites for hydroxylation is 1. The Morgan fingerprint density at radius 3 is 2.94 bits per heavy atom. The third kappa shape index (κ3) is 2.70. The van der Waals surface area contributed by atoms with E-state index in [0.29, 0.717) is 12.1 Å². The smallest absolute Gasteiger partial charge is 0.129 e. The van der Waals surface area contributed by atoms with Gasteiger partial charge in [0.25, 0.3) is 0 Å². The molecule has 1 saturated heterocycles. The molecule has 1 aromatic heterocycles. The molecule has 1 aliphatic rings. The molecule has 1 aromatic rings. The molecule has 4 heteroatoms. The highest BCUT2D eigenvalue weighted by Gasteiger charge is 2.22. The van der Waals surface area contributed by atoms with Gasteiger partial charge in [-0.15, -0.1) is 0 Å². The van der Waals surface area contributed by atoms with Crippen LogP contribution in [0.3, 0.4) is 0 Å². The van der Waals surface area contributed by atoms with E-state index in [1.807, 2.05) is 13.0 Å². The molecular formula is C12H20N4. The Morgan fingerprint density at radius 1 is 1.44 bits per heavy atom. The van der Waals surface area contributed by atoms with E-state index in [1.54, 1.807) is 6.33 Å². The van der Waals surface area contributed by atoms with Crippen LogP contribution in [0, 0.1) is 6.92 Å². The van der Waals surface area contributed by atoms with Crippen LogP contribution in [0.2, 0.25) is 0 Å². The van der Waals surface area contributed by atoms with Gasteiger partial charge < -0.3 is 10.2 Å². The molecule has 2 heterocycles. The van der Waals surface area contributed by atoms with Crippen LogP contribution in [0.15, 0.2) is 12.4 Å². The van der Waals surface area contributed by atoms with Gasteiger partial charge in [0.2, 0.25) is 0 Å². The Kier molecular flexibility index (Phi) is 3.39. The lowest BCUT2D eigenvalue weighted by Crippen LogP contribution is -2.42. The van der Waals surface area contributed by atoms with Gasteiger partial charge in [-0.05, 0) is 33.7 Å². The Morgan fingerprint density at radius 2 is 2.25 bits per heavy atom. The molecule has 2 atom stereocenters. The van der Waals surface area contributed by atoms with E-state index in [9.17, 15) is 0 Å². The van der Waals surface area contributed by atoms with Gasteiger partial charge in [-0.3, -0.25) is 0 Å². The van der Waals surface area contributed by atoms with E-state index < -0.39 is 0 Å². The van der Waals surface area contributed by atoms with Crippen LogP contribution in [0.5, 0.6) is 0 Å². The summed E-state index contributed by atoms with van der Waals surface area (Å²) in [6.07, 6.45) is 3.99. The number of hydrogen-bond acceptors (Lipinski definition) is 4. The van der Waals surface area contributed by atoms with Crippen molar-refractivity contribution in [3.05, 3.63) is 18.1 Å². The number of likely N-dealkylation sites (tertiary alicyclic amines) is 1. The topological polar surface area (TPSA) is 41.0 Å². The van der Waals surface area contributed by atoms with Crippen LogP contribution in [0.4, 0.5) is 5.82 Å². The second-order valence-electron chi connectivity index (χ2n) is 4.74. The molecule has 0 radical (unpaired) electrons. The van der Waals surface area contributed by atoms with E-state index in [0.717, 1.165) is 18.1 Å². The predicted molar refractivity (Wildman–Crippen MR) is 65.5 cm³/mol. The van der Waals surface area contributed by atoms with Gasteiger partial charge in [0.1, 0.15) is 12.1 Å². The van der Waals surface area contributed by atoms with E-state index >= 15 is 0 Å². The largest absolute Gasteiger partial charge is 0.367 e. The first-order valence-corrected chi connectivity index (χ1v) is 5.90. The number of hydrogen-bond donors (Lipinski definition) is 1. The van der Waals surface area contributed by atoms with Crippen molar-refractivity contribution in [1.29, 1.82) is 0 Å². The Labute approximate surface area is 97.1 Å². The zero-order chi connectivity index (χ0) is 11.5. The van der Waals surface area contributed by atoms with E-state index in [4.69, 9.17) is 0 Å². The molecule has 88 valence electrons. The highest BCUT2D eigenvalue weighted by molar-refractivity contribution is 5.35. The highest BCUT2D eigenvalue weighted by atomic mass is 15.2. The first kappa shape index (κ1) is 11.3. The molecule has 2 rings (SSSR count). The lowest BCUT2D eigenvalue weighted by Gasteiger charge is -2.35. The monoisotopic (exact) mass is 220 g/mol. The molecule has 0 saturated carbocycles. The molecule has 16 heavy (non-hydrogen) atoms. The van der Waals surface area contributed by atoms with Crippen molar-refractivity contribution in [1.82, 2.24) is 14.9 Å². The first-order chi connectivity index (χ1) is 7.65. The standard InChI is InChI=1S/C12H20N4/c1-9-6-12(14-8-13-9)15-11-4-5-16(3)10(2)7-11/h6,8,10-11H,4-5,7H2,1-3H3,(H,13,14,15). The molecule has 1 aliphatic heterocycles. The minimum atomic E-state index is 0.542. The average molecular weight is 220 g/mol. The summed E-state index contributed by atoms with van der Waals surface area (Å²) in [5, 5.41) is 3.49. The molecule has 1 N–H and O–H groups in total. The Bertz CT molecular complexity index is 353. The highest BCUT2D eigenvalue weighted by Crippen LogP contribution is 2.18. The molecule has 2 unspecified atom stereocenters. The summed E-state index contributed by atoms with van der Waals surface area (Å²) in [7, 11) is 2.19. The average Bonchev–Trinajstić information content (AvgIpc) is 2.24. The number of nitrogens with zero attached hydrogens (tertiary/aromatic N) is 3. The molecule has 0 bridgehead atoms. The van der Waals surface area contributed by atoms with Gasteiger partial charge in [0.15, 0.2) is 0 Å². The quantitative estimate of drug-likeness (QED) is 0.823. The molecule has 0 amide bonds. The van der Waals surface area contributed by atoms with Crippen LogP contribution in [0.25, 0.3) is 0 Å². The van der Waals surface area contributed by atoms with Crippen molar-refractivity contribution in [3.8, 4) is 0 Å². The number of piperidine rings is 1. The van der Waals surface area contributed by atoms with E-state index in [-0.39, 0.29) is 0 Å². The maximum absolute atomic E-state index is 4.24. The van der Waals surface area contributed by atoms with Gasteiger partial charge >= 0.3 is 0 Å². The number of nitrogens with one attached hydrogen (secondary N) is 1. The molecule has 0 aliphatic carbocycles. The van der Waals surface area contributed by atoms with Crippen LogP contribution in [-0.2, 0) is 0 Å².